The van der Waals surface area contributed by atoms with Crippen molar-refractivity contribution in [2.75, 3.05) is 6.67 Å². The van der Waals surface area contributed by atoms with Crippen molar-refractivity contribution in [2.45, 2.75) is 94.6 Å². The van der Waals surface area contributed by atoms with E-state index in [0.29, 0.717) is 5.92 Å². The molecule has 170 valence electrons. The highest BCUT2D eigenvalue weighted by atomic mass is 28.3. The number of ether oxygens (including phenoxy) is 1. The van der Waals surface area contributed by atoms with Gasteiger partial charge in [-0.05, 0) is 67.6 Å². The van der Waals surface area contributed by atoms with Crippen LogP contribution in [0.4, 0.5) is 17.6 Å². The molecule has 1 saturated carbocycles. The van der Waals surface area contributed by atoms with Gasteiger partial charge in [-0.3, -0.25) is 4.39 Å². The Kier molecular flexibility index (Phi) is 9.08. The second kappa shape index (κ2) is 11.5. The molecule has 1 nitrogen and oxygen atoms in total. The van der Waals surface area contributed by atoms with Gasteiger partial charge in [0.15, 0.2) is 0 Å². The van der Waals surface area contributed by atoms with Crippen molar-refractivity contribution < 1.29 is 22.3 Å². The highest BCUT2D eigenvalue weighted by Crippen LogP contribution is 2.40. The van der Waals surface area contributed by atoms with Crippen molar-refractivity contribution in [3.8, 4) is 5.75 Å². The highest BCUT2D eigenvalue weighted by Gasteiger charge is 2.31. The van der Waals surface area contributed by atoms with E-state index < -0.39 is 15.2 Å². The van der Waals surface area contributed by atoms with E-state index in [1.165, 1.54) is 68.8 Å². The van der Waals surface area contributed by atoms with E-state index in [1.54, 1.807) is 12.1 Å². The summed E-state index contributed by atoms with van der Waals surface area (Å²) in [5, 5.41) is 0. The Morgan fingerprint density at radius 3 is 2.00 bits per heavy atom. The second-order valence-corrected chi connectivity index (χ2v) is 12.9. The molecule has 0 radical (unpaired) electrons. The summed E-state index contributed by atoms with van der Waals surface area (Å²) in [7, 11) is -0.552. The van der Waals surface area contributed by atoms with Gasteiger partial charge in [-0.25, -0.2) is 0 Å². The maximum absolute atomic E-state index is 12.3. The van der Waals surface area contributed by atoms with Crippen LogP contribution in [0, 0.1) is 11.8 Å². The maximum Gasteiger partial charge on any atom is 0.573 e. The van der Waals surface area contributed by atoms with Crippen LogP contribution in [-0.2, 0) is 0 Å². The molecule has 3 rings (SSSR count). The molecule has 0 bridgehead atoms. The Hall–Kier alpha value is -1.04. The second-order valence-electron chi connectivity index (χ2n) is 9.48. The zero-order chi connectivity index (χ0) is 21.4. The fraction of sp³-hybridized carbons (Fsp3) is 0.750. The lowest BCUT2D eigenvalue weighted by atomic mass is 9.76. The summed E-state index contributed by atoms with van der Waals surface area (Å²) in [4.78, 5) is 0. The first kappa shape index (κ1) is 23.6. The molecule has 0 atom stereocenters. The summed E-state index contributed by atoms with van der Waals surface area (Å²) < 4.78 is 53.1. The minimum absolute atomic E-state index is 0.139. The lowest BCUT2D eigenvalue weighted by Crippen LogP contribution is -2.22. The van der Waals surface area contributed by atoms with Crippen molar-refractivity contribution in [1.29, 1.82) is 0 Å². The van der Waals surface area contributed by atoms with Gasteiger partial charge in [-0.1, -0.05) is 62.4 Å². The number of halogens is 4. The Labute approximate surface area is 180 Å². The van der Waals surface area contributed by atoms with Crippen LogP contribution in [0.25, 0.3) is 0 Å². The standard InChI is InChI=1S/C24H36F4OSi/c25-15-1-2-16-30-17-13-20(14-18-30)4-3-19-5-7-21(8-6-19)22-9-11-23(12-10-22)29-24(26,27)28/h9-12,19-21,30H,1-8,13-18H2/t19-,20-,21-,30-. The number of hydrogen-bond acceptors (Lipinski definition) is 1. The van der Waals surface area contributed by atoms with Gasteiger partial charge >= 0.3 is 6.36 Å². The van der Waals surface area contributed by atoms with E-state index in [4.69, 9.17) is 0 Å². The van der Waals surface area contributed by atoms with Crippen molar-refractivity contribution in [1.82, 2.24) is 0 Å². The summed E-state index contributed by atoms with van der Waals surface area (Å²) in [6.45, 7) is -0.149. The third-order valence-corrected chi connectivity index (χ3v) is 10.9. The molecule has 2 fully saturated rings. The fourth-order valence-corrected chi connectivity index (χ4v) is 9.15. The molecule has 1 aliphatic heterocycles. The first-order valence-corrected chi connectivity index (χ1v) is 14.3. The highest BCUT2D eigenvalue weighted by molar-refractivity contribution is 6.58. The average molecular weight is 445 g/mol. The number of unbranched alkanes of at least 4 members (excludes halogenated alkanes) is 1. The molecule has 30 heavy (non-hydrogen) atoms. The maximum atomic E-state index is 12.3. The lowest BCUT2D eigenvalue weighted by Gasteiger charge is -2.32. The molecule has 1 saturated heterocycles. The Bertz CT molecular complexity index is 603. The number of benzene rings is 1. The number of rotatable bonds is 9. The molecule has 0 N–H and O–H groups in total. The van der Waals surface area contributed by atoms with Crippen molar-refractivity contribution in [2.24, 2.45) is 11.8 Å². The zero-order valence-electron chi connectivity index (χ0n) is 17.9. The van der Waals surface area contributed by atoms with E-state index in [1.807, 2.05) is 0 Å². The molecule has 1 heterocycles. The summed E-state index contributed by atoms with van der Waals surface area (Å²) in [6.07, 6.45) is 7.52. The summed E-state index contributed by atoms with van der Waals surface area (Å²) in [6, 6.07) is 10.8. The largest absolute Gasteiger partial charge is 0.573 e. The molecule has 6 heteroatoms. The number of hydrogen-bond donors (Lipinski definition) is 0. The van der Waals surface area contributed by atoms with E-state index in [9.17, 15) is 17.6 Å². The van der Waals surface area contributed by atoms with Gasteiger partial charge < -0.3 is 4.74 Å². The van der Waals surface area contributed by atoms with Crippen molar-refractivity contribution in [3.05, 3.63) is 29.8 Å². The van der Waals surface area contributed by atoms with Crippen LogP contribution in [-0.4, -0.2) is 21.8 Å². The third kappa shape index (κ3) is 7.90. The number of alkyl halides is 4. The van der Waals surface area contributed by atoms with Crippen molar-refractivity contribution >= 4 is 8.80 Å². The minimum Gasteiger partial charge on any atom is -0.406 e. The summed E-state index contributed by atoms with van der Waals surface area (Å²) in [5.41, 5.74) is 1.14. The lowest BCUT2D eigenvalue weighted by molar-refractivity contribution is -0.274. The quantitative estimate of drug-likeness (QED) is 0.213. The average Bonchev–Trinajstić information content (AvgIpc) is 2.73. The van der Waals surface area contributed by atoms with E-state index in [2.05, 4.69) is 4.74 Å². The molecular weight excluding hydrogens is 408 g/mol. The van der Waals surface area contributed by atoms with Gasteiger partial charge in [-0.15, -0.1) is 13.2 Å². The molecule has 0 aromatic heterocycles. The molecule has 1 aliphatic carbocycles. The van der Waals surface area contributed by atoms with Gasteiger partial charge in [0.2, 0.25) is 0 Å². The topological polar surface area (TPSA) is 9.23 Å². The first-order chi connectivity index (χ1) is 14.4. The van der Waals surface area contributed by atoms with E-state index >= 15 is 0 Å². The van der Waals surface area contributed by atoms with E-state index in [-0.39, 0.29) is 12.4 Å². The van der Waals surface area contributed by atoms with Gasteiger partial charge in [0.1, 0.15) is 5.75 Å². The van der Waals surface area contributed by atoms with Crippen LogP contribution in [0.3, 0.4) is 0 Å². The van der Waals surface area contributed by atoms with Crippen LogP contribution in [0.2, 0.25) is 18.1 Å². The first-order valence-electron chi connectivity index (χ1n) is 11.8. The molecule has 0 spiro atoms. The Morgan fingerprint density at radius 1 is 0.833 bits per heavy atom. The third-order valence-electron chi connectivity index (χ3n) is 7.38. The van der Waals surface area contributed by atoms with Crippen LogP contribution in [0.5, 0.6) is 5.75 Å². The van der Waals surface area contributed by atoms with Crippen LogP contribution in [0.15, 0.2) is 24.3 Å². The van der Waals surface area contributed by atoms with Gasteiger partial charge in [-0.2, -0.15) is 0 Å². The minimum atomic E-state index is -4.63. The summed E-state index contributed by atoms with van der Waals surface area (Å²) >= 11 is 0. The van der Waals surface area contributed by atoms with Crippen LogP contribution >= 0.6 is 0 Å². The van der Waals surface area contributed by atoms with Crippen LogP contribution < -0.4 is 4.74 Å². The monoisotopic (exact) mass is 444 g/mol. The zero-order valence-corrected chi connectivity index (χ0v) is 19.1. The predicted molar refractivity (Wildman–Crippen MR) is 117 cm³/mol. The molecule has 0 amide bonds. The SMILES string of the molecule is FCCCC[Si@H]1CC[C@H](CC[C@H]2CC[C@H](c3ccc(OC(F)(F)F)cc3)CC2)CC1. The fourth-order valence-electron chi connectivity index (χ4n) is 5.53. The Balaban J connectivity index is 1.32. The molecule has 0 unspecified atom stereocenters. The summed E-state index contributed by atoms with van der Waals surface area (Å²) in [5.74, 6) is 2.05. The molecule has 1 aromatic carbocycles. The predicted octanol–water partition coefficient (Wildman–Crippen LogP) is 8.03. The van der Waals surface area contributed by atoms with Crippen LogP contribution in [0.1, 0.15) is 75.7 Å². The van der Waals surface area contributed by atoms with Crippen molar-refractivity contribution in [3.63, 3.8) is 0 Å². The molecule has 2 aliphatic rings. The van der Waals surface area contributed by atoms with Gasteiger partial charge in [0.05, 0.1) is 6.67 Å². The molecule has 1 aromatic rings. The Morgan fingerprint density at radius 2 is 1.43 bits per heavy atom. The normalized spacial score (nSPS) is 27.7. The smallest absolute Gasteiger partial charge is 0.406 e. The van der Waals surface area contributed by atoms with Gasteiger partial charge in [0, 0.05) is 8.80 Å². The van der Waals surface area contributed by atoms with Gasteiger partial charge in [0.25, 0.3) is 0 Å². The molecular formula is C24H36F4OSi. The van der Waals surface area contributed by atoms with E-state index in [0.717, 1.165) is 43.1 Å².